The van der Waals surface area contributed by atoms with Crippen molar-refractivity contribution in [3.8, 4) is 5.75 Å². The van der Waals surface area contributed by atoms with Crippen molar-refractivity contribution in [2.24, 2.45) is 11.7 Å². The van der Waals surface area contributed by atoms with Crippen molar-refractivity contribution in [3.63, 3.8) is 0 Å². The second-order valence-electron chi connectivity index (χ2n) is 5.68. The molecule has 2 N–H and O–H groups in total. The molecule has 2 unspecified atom stereocenters. The van der Waals surface area contributed by atoms with Gasteiger partial charge in [0.15, 0.2) is 0 Å². The minimum absolute atomic E-state index is 0. The summed E-state index contributed by atoms with van der Waals surface area (Å²) in [6.45, 7) is 6.10. The number of carbonyl (C=O) groups excluding carboxylic acids is 1. The van der Waals surface area contributed by atoms with Gasteiger partial charge in [0.05, 0.1) is 13.0 Å². The summed E-state index contributed by atoms with van der Waals surface area (Å²) in [5.74, 6) is 1.37. The highest BCUT2D eigenvalue weighted by molar-refractivity contribution is 5.85. The number of hydrogen-bond donors (Lipinski definition) is 1. The summed E-state index contributed by atoms with van der Waals surface area (Å²) in [7, 11) is 0. The first-order valence-corrected chi connectivity index (χ1v) is 7.29. The van der Waals surface area contributed by atoms with E-state index in [1.54, 1.807) is 0 Å². The van der Waals surface area contributed by atoms with Gasteiger partial charge in [-0.2, -0.15) is 0 Å². The predicted octanol–water partition coefficient (Wildman–Crippen LogP) is 2.38. The summed E-state index contributed by atoms with van der Waals surface area (Å²) in [6, 6.07) is 8.10. The first-order chi connectivity index (χ1) is 9.56. The van der Waals surface area contributed by atoms with Crippen molar-refractivity contribution >= 4 is 18.3 Å². The van der Waals surface area contributed by atoms with Crippen LogP contribution in [0.2, 0.25) is 0 Å². The number of likely N-dealkylation sites (tertiary alicyclic amines) is 1. The lowest BCUT2D eigenvalue weighted by Gasteiger charge is -2.35. The average Bonchev–Trinajstić information content (AvgIpc) is 2.42. The van der Waals surface area contributed by atoms with Crippen LogP contribution in [-0.2, 0) is 4.79 Å². The van der Waals surface area contributed by atoms with Crippen LogP contribution >= 0.6 is 12.4 Å². The predicted molar refractivity (Wildman–Crippen MR) is 86.9 cm³/mol. The van der Waals surface area contributed by atoms with E-state index in [-0.39, 0.29) is 24.4 Å². The standard InChI is InChI=1S/C16H24N2O2.ClH/c1-12-4-3-5-14(10-12)20-9-7-16(19)18-8-6-15(17)13(2)11-18;/h3-5,10,13,15H,6-9,11,17H2,1-2H3;1H. The van der Waals surface area contributed by atoms with Gasteiger partial charge in [0.1, 0.15) is 5.75 Å². The van der Waals surface area contributed by atoms with E-state index in [0.717, 1.165) is 30.8 Å². The van der Waals surface area contributed by atoms with Crippen molar-refractivity contribution in [3.05, 3.63) is 29.8 Å². The Kier molecular flexibility index (Phi) is 6.99. The molecule has 1 aliphatic rings. The van der Waals surface area contributed by atoms with E-state index in [2.05, 4.69) is 6.92 Å². The number of nitrogens with two attached hydrogens (primary N) is 1. The van der Waals surface area contributed by atoms with E-state index in [1.807, 2.05) is 36.1 Å². The molecule has 21 heavy (non-hydrogen) atoms. The van der Waals surface area contributed by atoms with E-state index in [4.69, 9.17) is 10.5 Å². The summed E-state index contributed by atoms with van der Waals surface area (Å²) >= 11 is 0. The number of halogens is 1. The lowest BCUT2D eigenvalue weighted by molar-refractivity contribution is -0.133. The largest absolute Gasteiger partial charge is 0.493 e. The Bertz CT molecular complexity index is 467. The molecule has 0 aromatic heterocycles. The van der Waals surface area contributed by atoms with Gasteiger partial charge in [-0.1, -0.05) is 19.1 Å². The molecule has 0 spiro atoms. The maximum atomic E-state index is 12.1. The number of ether oxygens (including phenoxy) is 1. The van der Waals surface area contributed by atoms with E-state index in [0.29, 0.717) is 18.9 Å². The van der Waals surface area contributed by atoms with Gasteiger partial charge in [-0.15, -0.1) is 12.4 Å². The molecule has 1 amide bonds. The summed E-state index contributed by atoms with van der Waals surface area (Å²) in [4.78, 5) is 14.0. The van der Waals surface area contributed by atoms with Gasteiger partial charge in [-0.25, -0.2) is 0 Å². The zero-order valence-electron chi connectivity index (χ0n) is 12.7. The van der Waals surface area contributed by atoms with E-state index < -0.39 is 0 Å². The molecule has 2 atom stereocenters. The number of aryl methyl sites for hydroxylation is 1. The first-order valence-electron chi connectivity index (χ1n) is 7.29. The highest BCUT2D eigenvalue weighted by Crippen LogP contribution is 2.16. The summed E-state index contributed by atoms with van der Waals surface area (Å²) in [5, 5.41) is 0. The molecule has 0 aliphatic carbocycles. The number of amides is 1. The Labute approximate surface area is 133 Å². The molecule has 118 valence electrons. The minimum atomic E-state index is 0. The van der Waals surface area contributed by atoms with E-state index in [1.165, 1.54) is 0 Å². The van der Waals surface area contributed by atoms with Crippen LogP contribution in [0.1, 0.15) is 25.3 Å². The Morgan fingerprint density at radius 2 is 2.24 bits per heavy atom. The van der Waals surface area contributed by atoms with Crippen LogP contribution < -0.4 is 10.5 Å². The Morgan fingerprint density at radius 1 is 1.48 bits per heavy atom. The maximum Gasteiger partial charge on any atom is 0.226 e. The van der Waals surface area contributed by atoms with Crippen molar-refractivity contribution in [1.82, 2.24) is 4.90 Å². The molecule has 1 fully saturated rings. The number of hydrogen-bond acceptors (Lipinski definition) is 3. The van der Waals surface area contributed by atoms with Gasteiger partial charge < -0.3 is 15.4 Å². The van der Waals surface area contributed by atoms with E-state index >= 15 is 0 Å². The molecule has 0 radical (unpaired) electrons. The van der Waals surface area contributed by atoms with E-state index in [9.17, 15) is 4.79 Å². The first kappa shape index (κ1) is 17.8. The third-order valence-electron chi connectivity index (χ3n) is 3.90. The molecule has 1 aromatic carbocycles. The van der Waals surface area contributed by atoms with Crippen LogP contribution in [0, 0.1) is 12.8 Å². The van der Waals surface area contributed by atoms with Crippen LogP contribution in [0.5, 0.6) is 5.75 Å². The number of benzene rings is 1. The Morgan fingerprint density at radius 3 is 2.90 bits per heavy atom. The summed E-state index contributed by atoms with van der Waals surface area (Å²) < 4.78 is 5.62. The fraction of sp³-hybridized carbons (Fsp3) is 0.562. The van der Waals surface area contributed by atoms with Crippen molar-refractivity contribution in [2.75, 3.05) is 19.7 Å². The quantitative estimate of drug-likeness (QED) is 0.928. The second-order valence-corrected chi connectivity index (χ2v) is 5.68. The van der Waals surface area contributed by atoms with Crippen LogP contribution in [0.3, 0.4) is 0 Å². The zero-order valence-corrected chi connectivity index (χ0v) is 13.6. The smallest absolute Gasteiger partial charge is 0.226 e. The van der Waals surface area contributed by atoms with Gasteiger partial charge >= 0.3 is 0 Å². The van der Waals surface area contributed by atoms with Gasteiger partial charge in [0.2, 0.25) is 5.91 Å². The van der Waals surface area contributed by atoms with Crippen LogP contribution in [0.4, 0.5) is 0 Å². The third-order valence-corrected chi connectivity index (χ3v) is 3.90. The molecule has 1 aromatic rings. The van der Waals surface area contributed by atoms with Gasteiger partial charge in [-0.05, 0) is 37.0 Å². The topological polar surface area (TPSA) is 55.6 Å². The molecule has 4 nitrogen and oxygen atoms in total. The van der Waals surface area contributed by atoms with Crippen molar-refractivity contribution in [1.29, 1.82) is 0 Å². The molecular formula is C16H25ClN2O2. The molecule has 5 heteroatoms. The minimum Gasteiger partial charge on any atom is -0.493 e. The lowest BCUT2D eigenvalue weighted by Crippen LogP contribution is -2.48. The second kappa shape index (κ2) is 8.25. The monoisotopic (exact) mass is 312 g/mol. The highest BCUT2D eigenvalue weighted by atomic mass is 35.5. The Balaban J connectivity index is 0.00000220. The summed E-state index contributed by atoms with van der Waals surface area (Å²) in [6.07, 6.45) is 1.32. The lowest BCUT2D eigenvalue weighted by atomic mass is 9.95. The average molecular weight is 313 g/mol. The number of carbonyl (C=O) groups is 1. The van der Waals surface area contributed by atoms with Crippen molar-refractivity contribution < 1.29 is 9.53 Å². The molecule has 1 saturated heterocycles. The normalized spacial score (nSPS) is 21.6. The Hall–Kier alpha value is -1.26. The van der Waals surface area contributed by atoms with Crippen LogP contribution in [0.15, 0.2) is 24.3 Å². The fourth-order valence-electron chi connectivity index (χ4n) is 2.51. The molecule has 1 aliphatic heterocycles. The molecule has 1 heterocycles. The number of piperidine rings is 1. The highest BCUT2D eigenvalue weighted by Gasteiger charge is 2.25. The molecule has 0 bridgehead atoms. The maximum absolute atomic E-state index is 12.1. The number of nitrogens with zero attached hydrogens (tertiary/aromatic N) is 1. The molecule has 2 rings (SSSR count). The van der Waals surface area contributed by atoms with Crippen LogP contribution in [-0.4, -0.2) is 36.5 Å². The van der Waals surface area contributed by atoms with Crippen LogP contribution in [0.25, 0.3) is 0 Å². The zero-order chi connectivity index (χ0) is 14.5. The van der Waals surface area contributed by atoms with Gasteiger partial charge in [0, 0.05) is 19.1 Å². The fourth-order valence-corrected chi connectivity index (χ4v) is 2.51. The SMILES string of the molecule is Cc1cccc(OCCC(=O)N2CCC(N)C(C)C2)c1.Cl. The molecular weight excluding hydrogens is 288 g/mol. The van der Waals surface area contributed by atoms with Gasteiger partial charge in [0.25, 0.3) is 0 Å². The van der Waals surface area contributed by atoms with Gasteiger partial charge in [-0.3, -0.25) is 4.79 Å². The van der Waals surface area contributed by atoms with Crippen molar-refractivity contribution in [2.45, 2.75) is 32.7 Å². The third kappa shape index (κ3) is 5.21. The number of rotatable bonds is 4. The summed E-state index contributed by atoms with van der Waals surface area (Å²) in [5.41, 5.74) is 7.13. The molecule has 0 saturated carbocycles.